The Hall–Kier alpha value is -3.99. The molecule has 2 aromatic rings. The summed E-state index contributed by atoms with van der Waals surface area (Å²) in [5.41, 5.74) is 0.212. The van der Waals surface area contributed by atoms with Gasteiger partial charge in [-0.05, 0) is 103 Å². The first-order valence-corrected chi connectivity index (χ1v) is 16.3. The van der Waals surface area contributed by atoms with Gasteiger partial charge in [-0.2, -0.15) is 22.0 Å². The minimum absolute atomic E-state index is 0.0360. The smallest absolute Gasteiger partial charge is 0.456 e. The van der Waals surface area contributed by atoms with Crippen LogP contribution in [0.4, 0.5) is 32.4 Å². The molecular formula is C37H39F5N2O4. The molecule has 0 saturated heterocycles. The molecule has 6 nitrogen and oxygen atoms in total. The Kier molecular flexibility index (Phi) is 8.81. The molecule has 48 heavy (non-hydrogen) atoms. The molecule has 5 atom stereocenters. The number of anilines is 1. The highest BCUT2D eigenvalue weighted by Crippen LogP contribution is 2.70. The molecule has 0 heterocycles. The van der Waals surface area contributed by atoms with Gasteiger partial charge in [-0.3, -0.25) is 4.79 Å². The summed E-state index contributed by atoms with van der Waals surface area (Å²) in [6, 6.07) is 13.9. The number of hydrogen-bond donors (Lipinski definition) is 3. The number of allylic oxidation sites excluding steroid dienone is 4. The maximum absolute atomic E-state index is 15.2. The number of rotatable bonds is 7. The summed E-state index contributed by atoms with van der Waals surface area (Å²) in [5, 5.41) is 16.9. The normalized spacial score (nSPS) is 28.8. The number of benzene rings is 2. The van der Waals surface area contributed by atoms with E-state index in [1.165, 1.54) is 6.92 Å². The van der Waals surface area contributed by atoms with Crippen molar-refractivity contribution in [3.8, 4) is 5.75 Å². The molecule has 4 aliphatic carbocycles. The SMILES string of the molecule is COc1ccc(NC(=O)NC/C=C/c2ccc([C@H]3C[C@@]4(C)C(CC[C@@]4(O)C(F)(F)C(F)(F)F)C4CCC5=CC(=O)CCC5=C43)cc2)cc1. The Morgan fingerprint density at radius 2 is 1.73 bits per heavy atom. The maximum Gasteiger partial charge on any atom is 0.456 e. The van der Waals surface area contributed by atoms with Gasteiger partial charge in [0.15, 0.2) is 5.78 Å². The Balaban J connectivity index is 1.24. The van der Waals surface area contributed by atoms with Crippen LogP contribution < -0.4 is 15.4 Å². The van der Waals surface area contributed by atoms with Crippen molar-refractivity contribution in [2.45, 2.75) is 75.5 Å². The topological polar surface area (TPSA) is 87.7 Å². The summed E-state index contributed by atoms with van der Waals surface area (Å²) in [5.74, 6) is -5.90. The van der Waals surface area contributed by atoms with Crippen molar-refractivity contribution in [3.05, 3.63) is 88.5 Å². The fourth-order valence-corrected chi connectivity index (χ4v) is 8.75. The van der Waals surface area contributed by atoms with E-state index in [-0.39, 0.29) is 37.1 Å². The number of ketones is 1. The minimum atomic E-state index is -5.89. The Morgan fingerprint density at radius 1 is 1.02 bits per heavy atom. The Morgan fingerprint density at radius 3 is 2.40 bits per heavy atom. The van der Waals surface area contributed by atoms with Crippen molar-refractivity contribution < 1.29 is 41.4 Å². The molecule has 0 aliphatic heterocycles. The quantitative estimate of drug-likeness (QED) is 0.259. The molecule has 0 bridgehead atoms. The van der Waals surface area contributed by atoms with Gasteiger partial charge in [0, 0.05) is 30.0 Å². The number of carbonyl (C=O) groups excluding carboxylic acids is 2. The molecule has 256 valence electrons. The zero-order valence-corrected chi connectivity index (χ0v) is 26.8. The van der Waals surface area contributed by atoms with Crippen LogP contribution in [-0.2, 0) is 4.79 Å². The van der Waals surface area contributed by atoms with E-state index in [0.717, 1.165) is 27.8 Å². The monoisotopic (exact) mass is 670 g/mol. The number of aliphatic hydroxyl groups is 1. The lowest BCUT2D eigenvalue weighted by atomic mass is 9.50. The van der Waals surface area contributed by atoms with Gasteiger partial charge >= 0.3 is 18.1 Å². The summed E-state index contributed by atoms with van der Waals surface area (Å²) in [4.78, 5) is 24.5. The molecule has 3 N–H and O–H groups in total. The van der Waals surface area contributed by atoms with Crippen LogP contribution in [0.5, 0.6) is 5.75 Å². The third kappa shape index (κ3) is 5.73. The van der Waals surface area contributed by atoms with Crippen LogP contribution in [0.25, 0.3) is 6.08 Å². The average Bonchev–Trinajstić information content (AvgIpc) is 3.33. The fourth-order valence-electron chi connectivity index (χ4n) is 8.75. The Bertz CT molecular complexity index is 1660. The first kappa shape index (κ1) is 33.9. The fraction of sp³-hybridized carbons (Fsp3) is 0.459. The number of halogens is 5. The standard InChI is InChI=1S/C37H39F5N2O4/c1-34-21-30(23-7-5-22(6-8-23)4-3-19-43-33(46)44-25-10-13-27(48-2)14-11-25)32-28-16-12-26(45)20-24(28)9-15-29(32)31(34)17-18-35(34,47)36(38,39)37(40,41)42/h3-8,10-11,13-14,20,29-31,47H,9,12,15-19,21H2,1-2H3,(H2,43,44,46)/b4-3+/t29?,30-,31?,34+,35+/m1/s1. The molecule has 2 saturated carbocycles. The number of urea groups is 1. The highest BCUT2D eigenvalue weighted by molar-refractivity contribution is 5.93. The van der Waals surface area contributed by atoms with Crippen molar-refractivity contribution >= 4 is 23.6 Å². The number of fused-ring (bicyclic) bond motifs is 4. The zero-order chi connectivity index (χ0) is 34.5. The van der Waals surface area contributed by atoms with E-state index in [1.54, 1.807) is 43.5 Å². The van der Waals surface area contributed by atoms with Crippen molar-refractivity contribution in [3.63, 3.8) is 0 Å². The van der Waals surface area contributed by atoms with Crippen molar-refractivity contribution in [2.24, 2.45) is 17.3 Å². The van der Waals surface area contributed by atoms with Crippen molar-refractivity contribution in [2.75, 3.05) is 19.0 Å². The highest BCUT2D eigenvalue weighted by atomic mass is 19.4. The van der Waals surface area contributed by atoms with E-state index in [2.05, 4.69) is 10.6 Å². The lowest BCUT2D eigenvalue weighted by molar-refractivity contribution is -0.362. The van der Waals surface area contributed by atoms with Gasteiger partial charge in [0.1, 0.15) is 11.4 Å². The predicted octanol–water partition coefficient (Wildman–Crippen LogP) is 8.36. The molecular weight excluding hydrogens is 631 g/mol. The summed E-state index contributed by atoms with van der Waals surface area (Å²) in [6.45, 7) is 1.66. The largest absolute Gasteiger partial charge is 0.497 e. The summed E-state index contributed by atoms with van der Waals surface area (Å²) in [7, 11) is 1.55. The molecule has 0 aromatic heterocycles. The Labute approximate surface area is 276 Å². The average molecular weight is 671 g/mol. The van der Waals surface area contributed by atoms with Crippen molar-refractivity contribution in [1.82, 2.24) is 5.32 Å². The first-order valence-electron chi connectivity index (χ1n) is 16.3. The van der Waals surface area contributed by atoms with E-state index < -0.39 is 41.4 Å². The number of hydrogen-bond acceptors (Lipinski definition) is 4. The number of carbonyl (C=O) groups is 2. The summed E-state index contributed by atoms with van der Waals surface area (Å²) >= 11 is 0. The number of amides is 2. The summed E-state index contributed by atoms with van der Waals surface area (Å²) in [6.07, 6.45) is 0.645. The molecule has 11 heteroatoms. The van der Waals surface area contributed by atoms with Crippen LogP contribution in [0, 0.1) is 17.3 Å². The number of ether oxygens (including phenoxy) is 1. The number of alkyl halides is 5. The van der Waals surface area contributed by atoms with Crippen LogP contribution in [-0.4, -0.2) is 48.3 Å². The van der Waals surface area contributed by atoms with E-state index in [1.807, 2.05) is 30.3 Å². The molecule has 0 spiro atoms. The maximum atomic E-state index is 15.2. The second-order valence-electron chi connectivity index (χ2n) is 13.6. The third-order valence-electron chi connectivity index (χ3n) is 11.1. The van der Waals surface area contributed by atoms with Gasteiger partial charge in [-0.15, -0.1) is 0 Å². The van der Waals surface area contributed by atoms with Gasteiger partial charge in [-0.25, -0.2) is 4.79 Å². The van der Waals surface area contributed by atoms with Crippen LogP contribution in [0.15, 0.2) is 77.4 Å². The molecule has 6 rings (SSSR count). The van der Waals surface area contributed by atoms with Gasteiger partial charge in [-0.1, -0.05) is 48.9 Å². The van der Waals surface area contributed by atoms with Crippen LogP contribution >= 0.6 is 0 Å². The predicted molar refractivity (Wildman–Crippen MR) is 172 cm³/mol. The van der Waals surface area contributed by atoms with Crippen LogP contribution in [0.2, 0.25) is 0 Å². The van der Waals surface area contributed by atoms with E-state index in [4.69, 9.17) is 4.74 Å². The highest BCUT2D eigenvalue weighted by Gasteiger charge is 2.79. The molecule has 2 aromatic carbocycles. The third-order valence-corrected chi connectivity index (χ3v) is 11.1. The van der Waals surface area contributed by atoms with Crippen LogP contribution in [0.3, 0.4) is 0 Å². The van der Waals surface area contributed by atoms with Gasteiger partial charge in [0.25, 0.3) is 0 Å². The summed E-state index contributed by atoms with van der Waals surface area (Å²) < 4.78 is 77.0. The number of methoxy groups -OCH3 is 1. The van der Waals surface area contributed by atoms with E-state index in [0.29, 0.717) is 37.1 Å². The lowest BCUT2D eigenvalue weighted by Crippen LogP contribution is -2.65. The van der Waals surface area contributed by atoms with E-state index in [9.17, 15) is 27.9 Å². The molecule has 4 aliphatic rings. The van der Waals surface area contributed by atoms with Gasteiger partial charge < -0.3 is 20.5 Å². The molecule has 0 radical (unpaired) electrons. The number of nitrogens with one attached hydrogen (secondary N) is 2. The van der Waals surface area contributed by atoms with Gasteiger partial charge in [0.05, 0.1) is 7.11 Å². The van der Waals surface area contributed by atoms with Crippen LogP contribution in [0.1, 0.15) is 68.9 Å². The molecule has 2 amide bonds. The van der Waals surface area contributed by atoms with E-state index >= 15 is 8.78 Å². The molecule has 2 unspecified atom stereocenters. The lowest BCUT2D eigenvalue weighted by Gasteiger charge is -2.56. The molecule has 2 fully saturated rings. The second-order valence-corrected chi connectivity index (χ2v) is 13.6. The van der Waals surface area contributed by atoms with Crippen molar-refractivity contribution in [1.29, 1.82) is 0 Å². The first-order chi connectivity index (χ1) is 22.7. The zero-order valence-electron chi connectivity index (χ0n) is 26.8. The van der Waals surface area contributed by atoms with Gasteiger partial charge in [0.2, 0.25) is 0 Å². The minimum Gasteiger partial charge on any atom is -0.497 e. The second kappa shape index (κ2) is 12.5.